The number of hydrogen-bond donors (Lipinski definition) is 5. The lowest BCUT2D eigenvalue weighted by Crippen LogP contribution is -2.54. The maximum atomic E-state index is 10.7. The van der Waals surface area contributed by atoms with Gasteiger partial charge in [-0.15, -0.1) is 0 Å². The molecule has 8 heteroatoms. The molecule has 1 aliphatic heterocycles. The number of aliphatic hydroxyl groups is 4. The minimum atomic E-state index is -1.47. The first-order valence-corrected chi connectivity index (χ1v) is 10.7. The Labute approximate surface area is 180 Å². The van der Waals surface area contributed by atoms with Crippen LogP contribution < -0.4 is 5.32 Å². The standard InChI is InChI=1S/C21H26N2O4S2/c24-13-16(25)17(26)18(27)19-20(22-11-14-7-3-1-4-8-14)23(21(28)29-19)12-15-9-5-2-6-10-15/h1-10,16-20,22,24-27H,11-13H2/t16-,17-,18+,19?,20?/m1/s1. The number of hydrogen-bond acceptors (Lipinski definition) is 7. The van der Waals surface area contributed by atoms with Crippen LogP contribution in [0.25, 0.3) is 0 Å². The molecule has 156 valence electrons. The number of thioether (sulfide) groups is 1. The number of rotatable bonds is 9. The third-order valence-electron chi connectivity index (χ3n) is 4.94. The fourth-order valence-corrected chi connectivity index (χ4v) is 5.04. The molecule has 0 spiro atoms. The lowest BCUT2D eigenvalue weighted by atomic mass is 10.0. The summed E-state index contributed by atoms with van der Waals surface area (Å²) >= 11 is 6.86. The maximum absolute atomic E-state index is 10.7. The van der Waals surface area contributed by atoms with Gasteiger partial charge in [0.15, 0.2) is 0 Å². The van der Waals surface area contributed by atoms with E-state index in [2.05, 4.69) is 5.32 Å². The molecule has 3 rings (SSSR count). The van der Waals surface area contributed by atoms with Gasteiger partial charge in [0, 0.05) is 13.1 Å². The molecule has 2 aromatic rings. The molecule has 5 N–H and O–H groups in total. The van der Waals surface area contributed by atoms with Crippen LogP contribution in [0.15, 0.2) is 60.7 Å². The Hall–Kier alpha value is -1.52. The molecule has 5 atom stereocenters. The minimum absolute atomic E-state index is 0.358. The molecule has 1 aliphatic rings. The van der Waals surface area contributed by atoms with Gasteiger partial charge < -0.3 is 25.3 Å². The second kappa shape index (κ2) is 10.5. The summed E-state index contributed by atoms with van der Waals surface area (Å²) in [6, 6.07) is 19.8. The van der Waals surface area contributed by atoms with Crippen LogP contribution in [-0.4, -0.2) is 66.0 Å². The van der Waals surface area contributed by atoms with Crippen molar-refractivity contribution in [2.75, 3.05) is 6.61 Å². The smallest absolute Gasteiger partial charge is 0.138 e. The van der Waals surface area contributed by atoms with E-state index in [1.165, 1.54) is 11.8 Å². The van der Waals surface area contributed by atoms with Crippen molar-refractivity contribution in [3.63, 3.8) is 0 Å². The van der Waals surface area contributed by atoms with Crippen molar-refractivity contribution in [3.05, 3.63) is 71.8 Å². The Bertz CT molecular complexity index is 781. The zero-order chi connectivity index (χ0) is 20.8. The van der Waals surface area contributed by atoms with Gasteiger partial charge in [-0.1, -0.05) is 84.6 Å². The predicted molar refractivity (Wildman–Crippen MR) is 118 cm³/mol. The Kier molecular flexibility index (Phi) is 8.02. The third-order valence-corrected chi connectivity index (χ3v) is 6.71. The normalized spacial score (nSPS) is 22.5. The second-order valence-corrected chi connectivity index (χ2v) is 8.82. The summed E-state index contributed by atoms with van der Waals surface area (Å²) in [7, 11) is 0. The summed E-state index contributed by atoms with van der Waals surface area (Å²) in [6.45, 7) is 0.485. The van der Waals surface area contributed by atoms with Crippen LogP contribution in [0, 0.1) is 0 Å². The van der Waals surface area contributed by atoms with Gasteiger partial charge in [-0.05, 0) is 11.1 Å². The zero-order valence-electron chi connectivity index (χ0n) is 15.8. The first kappa shape index (κ1) is 22.2. The van der Waals surface area contributed by atoms with E-state index in [4.69, 9.17) is 17.3 Å². The fourth-order valence-electron chi connectivity index (χ4n) is 3.31. The zero-order valence-corrected chi connectivity index (χ0v) is 17.5. The van der Waals surface area contributed by atoms with E-state index in [0.717, 1.165) is 11.1 Å². The van der Waals surface area contributed by atoms with E-state index in [9.17, 15) is 15.3 Å². The van der Waals surface area contributed by atoms with Crippen molar-refractivity contribution in [3.8, 4) is 0 Å². The maximum Gasteiger partial charge on any atom is 0.138 e. The van der Waals surface area contributed by atoms with Crippen LogP contribution in [0.2, 0.25) is 0 Å². The number of nitrogens with one attached hydrogen (secondary N) is 1. The molecule has 0 amide bonds. The summed E-state index contributed by atoms with van der Waals surface area (Å²) in [5.41, 5.74) is 2.16. The molecule has 2 unspecified atom stereocenters. The first-order valence-electron chi connectivity index (χ1n) is 9.45. The fraction of sp³-hybridized carbons (Fsp3) is 0.381. The van der Waals surface area contributed by atoms with E-state index in [1.54, 1.807) is 0 Å². The number of aliphatic hydroxyl groups excluding tert-OH is 4. The van der Waals surface area contributed by atoms with E-state index < -0.39 is 30.2 Å². The largest absolute Gasteiger partial charge is 0.394 e. The molecular formula is C21H26N2O4S2. The Morgan fingerprint density at radius 3 is 2.14 bits per heavy atom. The number of nitrogens with zero attached hydrogens (tertiary/aromatic N) is 1. The van der Waals surface area contributed by atoms with Crippen molar-refractivity contribution in [1.29, 1.82) is 0 Å². The van der Waals surface area contributed by atoms with E-state index in [0.29, 0.717) is 17.4 Å². The first-order chi connectivity index (χ1) is 14.0. The molecule has 2 aromatic carbocycles. The number of benzene rings is 2. The van der Waals surface area contributed by atoms with Gasteiger partial charge in [-0.25, -0.2) is 0 Å². The van der Waals surface area contributed by atoms with Gasteiger partial charge in [0.1, 0.15) is 16.5 Å². The summed E-state index contributed by atoms with van der Waals surface area (Å²) < 4.78 is 0.606. The molecule has 1 heterocycles. The van der Waals surface area contributed by atoms with Crippen LogP contribution in [0.3, 0.4) is 0 Å². The highest BCUT2D eigenvalue weighted by molar-refractivity contribution is 8.23. The second-order valence-electron chi connectivity index (χ2n) is 7.00. The van der Waals surface area contributed by atoms with Crippen molar-refractivity contribution in [2.24, 2.45) is 0 Å². The van der Waals surface area contributed by atoms with Crippen molar-refractivity contribution in [1.82, 2.24) is 10.2 Å². The van der Waals surface area contributed by atoms with Crippen molar-refractivity contribution >= 4 is 28.3 Å². The highest BCUT2D eigenvalue weighted by Gasteiger charge is 2.45. The highest BCUT2D eigenvalue weighted by Crippen LogP contribution is 2.35. The molecule has 0 radical (unpaired) electrons. The molecule has 29 heavy (non-hydrogen) atoms. The Morgan fingerprint density at radius 1 is 0.966 bits per heavy atom. The molecule has 0 bridgehead atoms. The average Bonchev–Trinajstić information content (AvgIpc) is 3.07. The lowest BCUT2D eigenvalue weighted by Gasteiger charge is -2.33. The van der Waals surface area contributed by atoms with Crippen LogP contribution in [0.4, 0.5) is 0 Å². The van der Waals surface area contributed by atoms with E-state index in [-0.39, 0.29) is 6.17 Å². The summed E-state index contributed by atoms with van der Waals surface area (Å²) in [4.78, 5) is 1.99. The molecule has 1 fully saturated rings. The third kappa shape index (κ3) is 5.55. The topological polar surface area (TPSA) is 96.2 Å². The molecule has 0 saturated carbocycles. The Balaban J connectivity index is 1.80. The van der Waals surface area contributed by atoms with E-state index in [1.807, 2.05) is 65.6 Å². The van der Waals surface area contributed by atoms with Gasteiger partial charge in [-0.3, -0.25) is 5.32 Å². The summed E-state index contributed by atoms with van der Waals surface area (Å²) in [5, 5.41) is 42.8. The molecule has 6 nitrogen and oxygen atoms in total. The van der Waals surface area contributed by atoms with E-state index >= 15 is 0 Å². The van der Waals surface area contributed by atoms with Gasteiger partial charge in [0.05, 0.1) is 24.1 Å². The van der Waals surface area contributed by atoms with Crippen molar-refractivity contribution in [2.45, 2.75) is 42.8 Å². The van der Waals surface area contributed by atoms with Crippen LogP contribution >= 0.6 is 24.0 Å². The Morgan fingerprint density at radius 2 is 1.55 bits per heavy atom. The molecule has 1 saturated heterocycles. The SMILES string of the molecule is OC[C@@H](O)[C@@H](O)[C@H](O)C1SC(=S)N(Cc2ccccc2)C1NCc1ccccc1. The van der Waals surface area contributed by atoms with Gasteiger partial charge in [0.25, 0.3) is 0 Å². The average molecular weight is 435 g/mol. The quantitative estimate of drug-likeness (QED) is 0.374. The predicted octanol–water partition coefficient (Wildman–Crippen LogP) is 1.08. The van der Waals surface area contributed by atoms with Crippen LogP contribution in [-0.2, 0) is 13.1 Å². The number of thiocarbonyl (C=S) groups is 1. The molecule has 0 aliphatic carbocycles. The summed E-state index contributed by atoms with van der Waals surface area (Å²) in [5.74, 6) is 0. The minimum Gasteiger partial charge on any atom is -0.394 e. The lowest BCUT2D eigenvalue weighted by molar-refractivity contribution is -0.0807. The molecule has 0 aromatic heterocycles. The van der Waals surface area contributed by atoms with Gasteiger partial charge in [0.2, 0.25) is 0 Å². The van der Waals surface area contributed by atoms with Gasteiger partial charge >= 0.3 is 0 Å². The van der Waals surface area contributed by atoms with Crippen molar-refractivity contribution < 1.29 is 20.4 Å². The molecular weight excluding hydrogens is 408 g/mol. The van der Waals surface area contributed by atoms with Crippen LogP contribution in [0.5, 0.6) is 0 Å². The summed E-state index contributed by atoms with van der Waals surface area (Å²) in [6.07, 6.45) is -4.52. The van der Waals surface area contributed by atoms with Gasteiger partial charge in [-0.2, -0.15) is 0 Å². The highest BCUT2D eigenvalue weighted by atomic mass is 32.2. The monoisotopic (exact) mass is 434 g/mol. The van der Waals surface area contributed by atoms with Crippen LogP contribution in [0.1, 0.15) is 11.1 Å².